The second kappa shape index (κ2) is 8.55. The lowest BCUT2D eigenvalue weighted by Crippen LogP contribution is -2.15. The Morgan fingerprint density at radius 1 is 1.18 bits per heavy atom. The Bertz CT molecular complexity index is 1520. The van der Waals surface area contributed by atoms with E-state index < -0.39 is 12.0 Å². The lowest BCUT2D eigenvalue weighted by atomic mass is 9.99. The molecular formula is C24H20ClN3O5. The average Bonchev–Trinajstić information content (AvgIpc) is 2.77. The maximum Gasteiger partial charge on any atom is 0.356 e. The van der Waals surface area contributed by atoms with E-state index in [0.717, 1.165) is 5.56 Å². The third-order valence-electron chi connectivity index (χ3n) is 5.31. The molecule has 4 aromatic rings. The molecule has 0 bridgehead atoms. The van der Waals surface area contributed by atoms with Gasteiger partial charge in [0.1, 0.15) is 10.7 Å². The Hall–Kier alpha value is -3.91. The molecule has 0 fully saturated rings. The number of hydrogen-bond donors (Lipinski definition) is 3. The number of rotatable bonds is 5. The highest BCUT2D eigenvalue weighted by molar-refractivity contribution is 6.29. The third-order valence-corrected chi connectivity index (χ3v) is 5.52. The molecule has 0 saturated heterocycles. The van der Waals surface area contributed by atoms with Gasteiger partial charge in [-0.25, -0.2) is 9.78 Å². The van der Waals surface area contributed by atoms with Gasteiger partial charge in [0, 0.05) is 17.2 Å². The van der Waals surface area contributed by atoms with Gasteiger partial charge in [0.25, 0.3) is 0 Å². The van der Waals surface area contributed by atoms with Crippen LogP contribution in [0.5, 0.6) is 0 Å². The van der Waals surface area contributed by atoms with Gasteiger partial charge in [0.2, 0.25) is 5.56 Å². The standard InChI is InChI=1S/C24H20ClN3O5/c1-11-9-14(13(3)26-16-7-8-18(25)28-20(16)24(31)32)23-15(10-11)21(30)12(2)22(33-23)17-5-4-6-19(29)27-17/h4-10,13,26H,1-3H3,(H,27,29)(H,31,32). The first-order chi connectivity index (χ1) is 15.7. The number of carbonyl (C=O) groups is 1. The maximum absolute atomic E-state index is 13.2. The van der Waals surface area contributed by atoms with E-state index in [-0.39, 0.29) is 33.3 Å². The van der Waals surface area contributed by atoms with Crippen LogP contribution in [0.2, 0.25) is 5.15 Å². The van der Waals surface area contributed by atoms with E-state index in [4.69, 9.17) is 16.0 Å². The topological polar surface area (TPSA) is 125 Å². The number of aromatic amines is 1. The molecule has 0 aliphatic heterocycles. The number of halogens is 1. The van der Waals surface area contributed by atoms with Gasteiger partial charge in [-0.3, -0.25) is 9.59 Å². The fraction of sp³-hybridized carbons (Fsp3) is 0.167. The van der Waals surface area contributed by atoms with E-state index >= 15 is 0 Å². The molecule has 1 atom stereocenters. The molecule has 0 saturated carbocycles. The minimum absolute atomic E-state index is 0.0644. The molecule has 3 aromatic heterocycles. The molecule has 0 aliphatic carbocycles. The Kier molecular flexibility index (Phi) is 5.78. The number of H-pyrrole nitrogens is 1. The summed E-state index contributed by atoms with van der Waals surface area (Å²) in [6, 6.07) is 10.8. The SMILES string of the molecule is Cc1cc(C(C)Nc2ccc(Cl)nc2C(=O)O)c2oc(-c3cccc(=O)[nH]3)c(C)c(=O)c2c1. The summed E-state index contributed by atoms with van der Waals surface area (Å²) >= 11 is 5.86. The minimum atomic E-state index is -1.22. The van der Waals surface area contributed by atoms with Crippen LogP contribution < -0.4 is 16.3 Å². The molecule has 3 N–H and O–H groups in total. The van der Waals surface area contributed by atoms with Crippen LogP contribution in [0.3, 0.4) is 0 Å². The van der Waals surface area contributed by atoms with Crippen molar-refractivity contribution in [2.24, 2.45) is 0 Å². The fourth-order valence-corrected chi connectivity index (χ4v) is 3.90. The quantitative estimate of drug-likeness (QED) is 0.365. The van der Waals surface area contributed by atoms with Gasteiger partial charge in [-0.2, -0.15) is 0 Å². The fourth-order valence-electron chi connectivity index (χ4n) is 3.75. The summed E-state index contributed by atoms with van der Waals surface area (Å²) in [7, 11) is 0. The molecule has 0 spiro atoms. The third kappa shape index (κ3) is 4.25. The smallest absolute Gasteiger partial charge is 0.356 e. The molecule has 1 unspecified atom stereocenters. The first-order valence-electron chi connectivity index (χ1n) is 10.1. The second-order valence-corrected chi connectivity index (χ2v) is 8.13. The first-order valence-corrected chi connectivity index (χ1v) is 10.5. The number of aromatic carboxylic acids is 1. The molecule has 3 heterocycles. The first kappa shape index (κ1) is 22.3. The molecule has 0 radical (unpaired) electrons. The highest BCUT2D eigenvalue weighted by atomic mass is 35.5. The van der Waals surface area contributed by atoms with E-state index in [1.54, 1.807) is 25.1 Å². The van der Waals surface area contributed by atoms with Crippen LogP contribution in [0.4, 0.5) is 5.69 Å². The number of nitrogens with zero attached hydrogens (tertiary/aromatic N) is 1. The summed E-state index contributed by atoms with van der Waals surface area (Å²) in [5, 5.41) is 13.1. The van der Waals surface area contributed by atoms with Crippen molar-refractivity contribution >= 4 is 34.2 Å². The van der Waals surface area contributed by atoms with Crippen LogP contribution in [0, 0.1) is 13.8 Å². The zero-order chi connectivity index (χ0) is 23.9. The highest BCUT2D eigenvalue weighted by Crippen LogP contribution is 2.32. The largest absolute Gasteiger partial charge is 0.476 e. The predicted octanol–water partition coefficient (Wildman–Crippen LogP) is 4.68. The number of carboxylic acids is 1. The van der Waals surface area contributed by atoms with Crippen LogP contribution in [0.15, 0.2) is 56.5 Å². The van der Waals surface area contributed by atoms with Crippen LogP contribution in [0.25, 0.3) is 22.4 Å². The van der Waals surface area contributed by atoms with Gasteiger partial charge in [0.15, 0.2) is 16.9 Å². The van der Waals surface area contributed by atoms with E-state index in [1.807, 2.05) is 19.9 Å². The van der Waals surface area contributed by atoms with Crippen molar-refractivity contribution in [3.8, 4) is 11.5 Å². The van der Waals surface area contributed by atoms with Gasteiger partial charge in [0.05, 0.1) is 22.8 Å². The zero-order valence-corrected chi connectivity index (χ0v) is 18.8. The monoisotopic (exact) mass is 465 g/mol. The molecule has 33 heavy (non-hydrogen) atoms. The summed E-state index contributed by atoms with van der Waals surface area (Å²) in [4.78, 5) is 43.2. The molecular weight excluding hydrogens is 446 g/mol. The number of nitrogens with one attached hydrogen (secondary N) is 2. The van der Waals surface area contributed by atoms with Gasteiger partial charge in [-0.05, 0) is 50.6 Å². The predicted molar refractivity (Wildman–Crippen MR) is 126 cm³/mol. The van der Waals surface area contributed by atoms with Crippen molar-refractivity contribution in [2.75, 3.05) is 5.32 Å². The molecule has 1 aromatic carbocycles. The van der Waals surface area contributed by atoms with Crippen molar-refractivity contribution in [3.63, 3.8) is 0 Å². The lowest BCUT2D eigenvalue weighted by Gasteiger charge is -2.19. The van der Waals surface area contributed by atoms with Crippen LogP contribution in [0.1, 0.15) is 40.1 Å². The Labute approximate surface area is 192 Å². The summed E-state index contributed by atoms with van der Waals surface area (Å²) in [5.74, 6) is -0.958. The number of carboxylic acid groups (broad SMARTS) is 1. The number of benzene rings is 1. The number of aryl methyl sites for hydroxylation is 1. The maximum atomic E-state index is 13.2. The van der Waals surface area contributed by atoms with Gasteiger partial charge in [-0.15, -0.1) is 0 Å². The summed E-state index contributed by atoms with van der Waals surface area (Å²) in [5.41, 5.74) is 2.12. The molecule has 9 heteroatoms. The normalized spacial score (nSPS) is 12.0. The summed E-state index contributed by atoms with van der Waals surface area (Å²) < 4.78 is 6.19. The number of aromatic nitrogens is 2. The summed E-state index contributed by atoms with van der Waals surface area (Å²) in [6.45, 7) is 5.33. The van der Waals surface area contributed by atoms with E-state index in [0.29, 0.717) is 27.8 Å². The number of pyridine rings is 2. The number of hydrogen-bond acceptors (Lipinski definition) is 6. The van der Waals surface area contributed by atoms with Crippen LogP contribution in [-0.4, -0.2) is 21.0 Å². The molecule has 0 aliphatic rings. The lowest BCUT2D eigenvalue weighted by molar-refractivity contribution is 0.0691. The number of anilines is 1. The van der Waals surface area contributed by atoms with E-state index in [1.165, 1.54) is 18.2 Å². The van der Waals surface area contributed by atoms with Crippen molar-refractivity contribution in [1.29, 1.82) is 0 Å². The molecule has 168 valence electrons. The summed E-state index contributed by atoms with van der Waals surface area (Å²) in [6.07, 6.45) is 0. The second-order valence-electron chi connectivity index (χ2n) is 7.75. The van der Waals surface area contributed by atoms with Crippen molar-refractivity contribution in [2.45, 2.75) is 26.8 Å². The molecule has 4 rings (SSSR count). The van der Waals surface area contributed by atoms with Gasteiger partial charge < -0.3 is 19.8 Å². The van der Waals surface area contributed by atoms with Crippen molar-refractivity contribution < 1.29 is 14.3 Å². The van der Waals surface area contributed by atoms with Crippen LogP contribution >= 0.6 is 11.6 Å². The average molecular weight is 466 g/mol. The Morgan fingerprint density at radius 2 is 1.94 bits per heavy atom. The molecule has 0 amide bonds. The van der Waals surface area contributed by atoms with Crippen molar-refractivity contribution in [3.05, 3.63) is 90.6 Å². The van der Waals surface area contributed by atoms with Crippen LogP contribution in [-0.2, 0) is 0 Å². The van der Waals surface area contributed by atoms with E-state index in [2.05, 4.69) is 15.3 Å². The van der Waals surface area contributed by atoms with Gasteiger partial charge in [-0.1, -0.05) is 23.7 Å². The van der Waals surface area contributed by atoms with E-state index in [9.17, 15) is 19.5 Å². The zero-order valence-electron chi connectivity index (χ0n) is 18.0. The number of fused-ring (bicyclic) bond motifs is 1. The van der Waals surface area contributed by atoms with Gasteiger partial charge >= 0.3 is 5.97 Å². The Morgan fingerprint density at radius 3 is 2.64 bits per heavy atom. The molecule has 8 nitrogen and oxygen atoms in total. The Balaban J connectivity index is 1.90. The minimum Gasteiger partial charge on any atom is -0.476 e. The highest BCUT2D eigenvalue weighted by Gasteiger charge is 2.21. The van der Waals surface area contributed by atoms with Crippen molar-refractivity contribution in [1.82, 2.24) is 9.97 Å².